The molecule has 2 heterocycles. The molecule has 0 bridgehead atoms. The van der Waals surface area contributed by atoms with E-state index in [-0.39, 0.29) is 5.02 Å². The average molecular weight is 355 g/mol. The predicted molar refractivity (Wildman–Crippen MR) is 95.8 cm³/mol. The molecule has 2 aromatic carbocycles. The van der Waals surface area contributed by atoms with Gasteiger partial charge in [-0.3, -0.25) is 4.57 Å². The number of imidazole rings is 1. The monoisotopic (exact) mass is 354 g/mol. The molecule has 25 heavy (non-hydrogen) atoms. The van der Waals surface area contributed by atoms with Crippen LogP contribution < -0.4 is 11.1 Å². The highest BCUT2D eigenvalue weighted by Crippen LogP contribution is 2.28. The van der Waals surface area contributed by atoms with Crippen molar-refractivity contribution in [3.63, 3.8) is 0 Å². The van der Waals surface area contributed by atoms with Crippen LogP contribution in [0.25, 0.3) is 16.9 Å². The van der Waals surface area contributed by atoms with Crippen LogP contribution in [0.2, 0.25) is 5.02 Å². The summed E-state index contributed by atoms with van der Waals surface area (Å²) < 4.78 is 15.1. The molecule has 0 fully saturated rings. The third-order valence-electron chi connectivity index (χ3n) is 3.73. The van der Waals surface area contributed by atoms with Crippen LogP contribution in [0.1, 0.15) is 0 Å². The lowest BCUT2D eigenvalue weighted by Crippen LogP contribution is -2.07. The summed E-state index contributed by atoms with van der Waals surface area (Å²) in [7, 11) is 0. The first-order chi connectivity index (χ1) is 12.1. The maximum absolute atomic E-state index is 13.3. The Labute approximate surface area is 147 Å². The topological polar surface area (TPSA) is 81.6 Å². The van der Waals surface area contributed by atoms with Crippen molar-refractivity contribution in [1.82, 2.24) is 19.5 Å². The maximum atomic E-state index is 13.3. The van der Waals surface area contributed by atoms with Gasteiger partial charge in [0.05, 0.1) is 16.1 Å². The number of aromatic nitrogens is 4. The van der Waals surface area contributed by atoms with Gasteiger partial charge in [0.2, 0.25) is 0 Å². The van der Waals surface area contributed by atoms with Gasteiger partial charge in [-0.05, 0) is 30.3 Å². The fraction of sp³-hybridized carbons (Fsp3) is 0. The van der Waals surface area contributed by atoms with Crippen LogP contribution in [0.3, 0.4) is 0 Å². The minimum atomic E-state index is -0.492. The molecular weight excluding hydrogens is 343 g/mol. The molecule has 3 N–H and O–H groups in total. The highest BCUT2D eigenvalue weighted by molar-refractivity contribution is 6.31. The van der Waals surface area contributed by atoms with Gasteiger partial charge < -0.3 is 11.1 Å². The molecule has 0 aliphatic carbocycles. The minimum absolute atomic E-state index is 0.0125. The fourth-order valence-corrected chi connectivity index (χ4v) is 2.70. The van der Waals surface area contributed by atoms with Gasteiger partial charge in [0.1, 0.15) is 24.2 Å². The Hall–Kier alpha value is -3.19. The van der Waals surface area contributed by atoms with Crippen molar-refractivity contribution in [1.29, 1.82) is 0 Å². The van der Waals surface area contributed by atoms with Gasteiger partial charge in [0.25, 0.3) is 0 Å². The average Bonchev–Trinajstić information content (AvgIpc) is 3.04. The van der Waals surface area contributed by atoms with Crippen LogP contribution in [-0.4, -0.2) is 19.5 Å². The van der Waals surface area contributed by atoms with Crippen molar-refractivity contribution in [2.24, 2.45) is 0 Å². The highest BCUT2D eigenvalue weighted by atomic mass is 35.5. The minimum Gasteiger partial charge on any atom is -0.393 e. The van der Waals surface area contributed by atoms with Gasteiger partial charge in [-0.15, -0.1) is 0 Å². The first kappa shape index (κ1) is 15.3. The van der Waals surface area contributed by atoms with Gasteiger partial charge >= 0.3 is 0 Å². The van der Waals surface area contributed by atoms with Crippen molar-refractivity contribution in [3.8, 4) is 5.82 Å². The van der Waals surface area contributed by atoms with Crippen molar-refractivity contribution < 1.29 is 4.39 Å². The first-order valence-electron chi connectivity index (χ1n) is 7.38. The van der Waals surface area contributed by atoms with Crippen molar-refractivity contribution in [2.75, 3.05) is 11.1 Å². The Morgan fingerprint density at radius 3 is 2.76 bits per heavy atom. The van der Waals surface area contributed by atoms with Gasteiger partial charge in [0, 0.05) is 5.69 Å². The van der Waals surface area contributed by atoms with Crippen LogP contribution in [-0.2, 0) is 0 Å². The molecule has 0 atom stereocenters. The number of nitrogens with one attached hydrogen (secondary N) is 1. The molecule has 2 aromatic heterocycles. The lowest BCUT2D eigenvalue weighted by Gasteiger charge is -2.12. The van der Waals surface area contributed by atoms with Gasteiger partial charge in [-0.2, -0.15) is 0 Å². The van der Waals surface area contributed by atoms with E-state index in [1.807, 2.05) is 24.3 Å². The normalized spacial score (nSPS) is 11.0. The molecule has 0 saturated carbocycles. The smallest absolute Gasteiger partial charge is 0.167 e. The number of nitrogen functional groups attached to an aromatic ring is 1. The largest absolute Gasteiger partial charge is 0.393 e. The Morgan fingerprint density at radius 2 is 1.92 bits per heavy atom. The molecule has 4 aromatic rings. The van der Waals surface area contributed by atoms with E-state index in [2.05, 4.69) is 20.3 Å². The molecular formula is C17H12ClFN6. The van der Waals surface area contributed by atoms with E-state index in [1.165, 1.54) is 18.5 Å². The summed E-state index contributed by atoms with van der Waals surface area (Å²) in [6.45, 7) is 0. The first-order valence-corrected chi connectivity index (χ1v) is 7.76. The summed E-state index contributed by atoms with van der Waals surface area (Å²) >= 11 is 5.81. The Bertz CT molecular complexity index is 1080. The molecule has 0 amide bonds. The Morgan fingerprint density at radius 1 is 1.08 bits per heavy atom. The van der Waals surface area contributed by atoms with Gasteiger partial charge in [0.15, 0.2) is 11.6 Å². The quantitative estimate of drug-likeness (QED) is 0.582. The molecule has 8 heteroatoms. The van der Waals surface area contributed by atoms with E-state index in [9.17, 15) is 4.39 Å². The predicted octanol–water partition coefficient (Wildman–Crippen LogP) is 3.93. The summed E-state index contributed by atoms with van der Waals surface area (Å²) in [5.74, 6) is 0.401. The second-order valence-corrected chi connectivity index (χ2v) is 5.72. The lowest BCUT2D eigenvalue weighted by molar-refractivity contribution is 0.628. The van der Waals surface area contributed by atoms with Crippen molar-refractivity contribution >= 4 is 39.8 Å². The lowest BCUT2D eigenvalue weighted by atomic mass is 10.3. The van der Waals surface area contributed by atoms with Crippen LogP contribution >= 0.6 is 11.6 Å². The maximum Gasteiger partial charge on any atom is 0.167 e. The summed E-state index contributed by atoms with van der Waals surface area (Å²) in [6.07, 6.45) is 3.05. The second-order valence-electron chi connectivity index (χ2n) is 5.32. The van der Waals surface area contributed by atoms with Gasteiger partial charge in [-0.1, -0.05) is 23.7 Å². The van der Waals surface area contributed by atoms with E-state index < -0.39 is 5.82 Å². The van der Waals surface area contributed by atoms with E-state index in [4.69, 9.17) is 17.3 Å². The SMILES string of the molecule is Nc1c(Nc2ccc(F)c(Cl)c2)ncnc1-n1cnc2ccccc21. The molecule has 4 rings (SSSR count). The molecule has 0 aliphatic rings. The molecule has 0 saturated heterocycles. The number of rotatable bonds is 3. The molecule has 0 radical (unpaired) electrons. The number of para-hydroxylation sites is 2. The van der Waals surface area contributed by atoms with Crippen LogP contribution in [0.4, 0.5) is 21.6 Å². The fourth-order valence-electron chi connectivity index (χ4n) is 2.52. The summed E-state index contributed by atoms with van der Waals surface area (Å²) in [5, 5.41) is 3.04. The number of nitrogens with zero attached hydrogens (tertiary/aromatic N) is 4. The molecule has 0 unspecified atom stereocenters. The zero-order chi connectivity index (χ0) is 17.4. The van der Waals surface area contributed by atoms with E-state index in [0.717, 1.165) is 11.0 Å². The Kier molecular flexibility index (Phi) is 3.70. The molecule has 0 spiro atoms. The van der Waals surface area contributed by atoms with E-state index >= 15 is 0 Å². The van der Waals surface area contributed by atoms with E-state index in [1.54, 1.807) is 17.0 Å². The zero-order valence-electron chi connectivity index (χ0n) is 12.8. The summed E-state index contributed by atoms with van der Waals surface area (Å²) in [5.41, 5.74) is 8.86. The standard InChI is InChI=1S/C17H12ClFN6/c18-11-7-10(5-6-12(11)19)24-16-15(20)17(22-8-21-16)25-9-23-13-3-1-2-4-14(13)25/h1-9H,20H2,(H,21,22,24). The van der Waals surface area contributed by atoms with Crippen LogP contribution in [0.5, 0.6) is 0 Å². The number of fused-ring (bicyclic) bond motifs is 1. The third kappa shape index (κ3) is 2.74. The number of hydrogen-bond acceptors (Lipinski definition) is 5. The van der Waals surface area contributed by atoms with E-state index in [0.29, 0.717) is 23.0 Å². The molecule has 124 valence electrons. The van der Waals surface area contributed by atoms with Crippen molar-refractivity contribution in [2.45, 2.75) is 0 Å². The van der Waals surface area contributed by atoms with Gasteiger partial charge in [-0.25, -0.2) is 19.3 Å². The number of benzene rings is 2. The van der Waals surface area contributed by atoms with Crippen molar-refractivity contribution in [3.05, 3.63) is 66.0 Å². The summed E-state index contributed by atoms with van der Waals surface area (Å²) in [4.78, 5) is 12.8. The number of anilines is 3. The highest BCUT2D eigenvalue weighted by Gasteiger charge is 2.13. The number of nitrogens with two attached hydrogens (primary N) is 1. The van der Waals surface area contributed by atoms with Crippen LogP contribution in [0, 0.1) is 5.82 Å². The number of halogens is 2. The number of hydrogen-bond donors (Lipinski definition) is 2. The summed E-state index contributed by atoms with van der Waals surface area (Å²) in [6, 6.07) is 11.9. The second kappa shape index (κ2) is 6.03. The third-order valence-corrected chi connectivity index (χ3v) is 4.02. The zero-order valence-corrected chi connectivity index (χ0v) is 13.6. The Balaban J connectivity index is 1.76. The molecule has 6 nitrogen and oxygen atoms in total. The van der Waals surface area contributed by atoms with Crippen LogP contribution in [0.15, 0.2) is 55.1 Å². The molecule has 0 aliphatic heterocycles.